The van der Waals surface area contributed by atoms with Gasteiger partial charge in [-0.15, -0.1) is 0 Å². The molecule has 0 aromatic heterocycles. The topological polar surface area (TPSA) is 133 Å². The first-order valence-corrected chi connectivity index (χ1v) is 7.22. The molecule has 0 amide bonds. The lowest BCUT2D eigenvalue weighted by Crippen LogP contribution is -2.33. The van der Waals surface area contributed by atoms with Crippen LogP contribution in [0.2, 0.25) is 0 Å². The van der Waals surface area contributed by atoms with E-state index in [1.54, 1.807) is 18.2 Å². The SMILES string of the molecule is N#CC1=C(N)NC(C(C#N)C#N)=C(C#N)[C@@H]1c1cccc(Br)c1. The third-order valence-corrected chi connectivity index (χ3v) is 3.89. The van der Waals surface area contributed by atoms with Crippen LogP contribution in [0.3, 0.4) is 0 Å². The summed E-state index contributed by atoms with van der Waals surface area (Å²) in [5, 5.41) is 39.9. The number of nitriles is 4. The van der Waals surface area contributed by atoms with E-state index in [1.807, 2.05) is 30.3 Å². The van der Waals surface area contributed by atoms with Gasteiger partial charge in [0, 0.05) is 4.47 Å². The number of nitrogens with two attached hydrogens (primary N) is 1. The van der Waals surface area contributed by atoms with Gasteiger partial charge in [0.2, 0.25) is 0 Å². The number of nitrogens with one attached hydrogen (secondary N) is 1. The highest BCUT2D eigenvalue weighted by Crippen LogP contribution is 2.38. The number of hydrogen-bond donors (Lipinski definition) is 2. The molecule has 2 rings (SSSR count). The molecule has 1 aliphatic heterocycles. The Hall–Kier alpha value is -3.26. The molecule has 1 aromatic carbocycles. The summed E-state index contributed by atoms with van der Waals surface area (Å²) in [6, 6.07) is 14.8. The number of benzene rings is 1. The molecule has 110 valence electrons. The first-order chi connectivity index (χ1) is 11.1. The van der Waals surface area contributed by atoms with E-state index in [9.17, 15) is 10.5 Å². The van der Waals surface area contributed by atoms with Gasteiger partial charge in [-0.2, -0.15) is 21.0 Å². The predicted octanol–water partition coefficient (Wildman–Crippen LogP) is 2.27. The minimum atomic E-state index is -1.17. The molecule has 0 radical (unpaired) electrons. The smallest absolute Gasteiger partial charge is 0.173 e. The molecule has 6 nitrogen and oxygen atoms in total. The maximum atomic E-state index is 9.55. The molecule has 0 fully saturated rings. The third kappa shape index (κ3) is 2.87. The lowest BCUT2D eigenvalue weighted by atomic mass is 9.80. The fraction of sp³-hybridized carbons (Fsp3) is 0.125. The van der Waals surface area contributed by atoms with Gasteiger partial charge in [0.1, 0.15) is 5.82 Å². The lowest BCUT2D eigenvalue weighted by molar-refractivity contribution is 0.743. The van der Waals surface area contributed by atoms with Crippen LogP contribution < -0.4 is 11.1 Å². The van der Waals surface area contributed by atoms with Crippen LogP contribution >= 0.6 is 15.9 Å². The Bertz CT molecular complexity index is 871. The highest BCUT2D eigenvalue weighted by molar-refractivity contribution is 9.10. The minimum absolute atomic E-state index is 0.0435. The third-order valence-electron chi connectivity index (χ3n) is 3.40. The van der Waals surface area contributed by atoms with Crippen molar-refractivity contribution in [3.05, 3.63) is 57.0 Å². The summed E-state index contributed by atoms with van der Waals surface area (Å²) < 4.78 is 0.778. The van der Waals surface area contributed by atoms with Gasteiger partial charge < -0.3 is 11.1 Å². The normalized spacial score (nSPS) is 16.9. The highest BCUT2D eigenvalue weighted by Gasteiger charge is 2.34. The molecule has 0 spiro atoms. The Morgan fingerprint density at radius 3 is 2.26 bits per heavy atom. The van der Waals surface area contributed by atoms with E-state index in [2.05, 4.69) is 21.2 Å². The predicted molar refractivity (Wildman–Crippen MR) is 84.2 cm³/mol. The van der Waals surface area contributed by atoms with Crippen LogP contribution in [0.25, 0.3) is 0 Å². The van der Waals surface area contributed by atoms with E-state index < -0.39 is 11.8 Å². The van der Waals surface area contributed by atoms with Crippen LogP contribution in [-0.4, -0.2) is 0 Å². The lowest BCUT2D eigenvalue weighted by Gasteiger charge is -2.27. The van der Waals surface area contributed by atoms with Crippen molar-refractivity contribution in [2.75, 3.05) is 0 Å². The van der Waals surface area contributed by atoms with Gasteiger partial charge in [0.15, 0.2) is 5.92 Å². The Balaban J connectivity index is 2.74. The van der Waals surface area contributed by atoms with Gasteiger partial charge >= 0.3 is 0 Å². The highest BCUT2D eigenvalue weighted by atomic mass is 79.9. The molecule has 7 heteroatoms. The second-order valence-electron chi connectivity index (χ2n) is 4.68. The Morgan fingerprint density at radius 2 is 1.74 bits per heavy atom. The fourth-order valence-electron chi connectivity index (χ4n) is 2.39. The van der Waals surface area contributed by atoms with Crippen LogP contribution in [0.1, 0.15) is 11.5 Å². The zero-order valence-corrected chi connectivity index (χ0v) is 13.3. The molecule has 3 N–H and O–H groups in total. The summed E-state index contributed by atoms with van der Waals surface area (Å²) in [6.07, 6.45) is 0. The quantitative estimate of drug-likeness (QED) is 0.826. The van der Waals surface area contributed by atoms with Crippen molar-refractivity contribution < 1.29 is 0 Å². The molecule has 0 aliphatic carbocycles. The second-order valence-corrected chi connectivity index (χ2v) is 5.60. The van der Waals surface area contributed by atoms with E-state index in [4.69, 9.17) is 16.3 Å². The standard InChI is InChI=1S/C16H9BrN6/c17-11-3-1-2-9(4-11)14-12(7-20)15(10(5-18)6-19)23-16(22)13(14)8-21/h1-4,10,14,23H,22H2/t14-/m0/s1. The van der Waals surface area contributed by atoms with Gasteiger partial charge in [-0.3, -0.25) is 0 Å². The summed E-state index contributed by atoms with van der Waals surface area (Å²) in [4.78, 5) is 0. The van der Waals surface area contributed by atoms with Crippen molar-refractivity contribution in [3.8, 4) is 24.3 Å². The van der Waals surface area contributed by atoms with Crippen molar-refractivity contribution in [1.82, 2.24) is 5.32 Å². The molecular weight excluding hydrogens is 356 g/mol. The molecule has 0 saturated carbocycles. The molecule has 23 heavy (non-hydrogen) atoms. The molecule has 0 saturated heterocycles. The summed E-state index contributed by atoms with van der Waals surface area (Å²) in [5.41, 5.74) is 7.00. The zero-order chi connectivity index (χ0) is 17.0. The fourth-order valence-corrected chi connectivity index (χ4v) is 2.81. The van der Waals surface area contributed by atoms with Gasteiger partial charge in [-0.25, -0.2) is 0 Å². The van der Waals surface area contributed by atoms with Crippen molar-refractivity contribution in [3.63, 3.8) is 0 Å². The number of rotatable bonds is 2. The zero-order valence-electron chi connectivity index (χ0n) is 11.7. The van der Waals surface area contributed by atoms with E-state index in [0.29, 0.717) is 5.56 Å². The average molecular weight is 365 g/mol. The Morgan fingerprint density at radius 1 is 1.09 bits per heavy atom. The molecule has 0 unspecified atom stereocenters. The van der Waals surface area contributed by atoms with Crippen LogP contribution in [0.5, 0.6) is 0 Å². The number of hydrogen-bond acceptors (Lipinski definition) is 6. The largest absolute Gasteiger partial charge is 0.384 e. The molecule has 1 aromatic rings. The van der Waals surface area contributed by atoms with Gasteiger partial charge in [0.05, 0.1) is 47.0 Å². The van der Waals surface area contributed by atoms with Crippen LogP contribution in [0.4, 0.5) is 0 Å². The van der Waals surface area contributed by atoms with Crippen molar-refractivity contribution in [1.29, 1.82) is 21.0 Å². The van der Waals surface area contributed by atoms with Crippen molar-refractivity contribution >= 4 is 15.9 Å². The van der Waals surface area contributed by atoms with Crippen LogP contribution in [-0.2, 0) is 0 Å². The Labute approximate surface area is 141 Å². The van der Waals surface area contributed by atoms with Gasteiger partial charge in [-0.05, 0) is 17.7 Å². The maximum Gasteiger partial charge on any atom is 0.173 e. The maximum absolute atomic E-state index is 9.55. The van der Waals surface area contributed by atoms with Crippen molar-refractivity contribution in [2.45, 2.75) is 5.92 Å². The number of dihydropyridines is 1. The molecular formula is C16H9BrN6. The van der Waals surface area contributed by atoms with E-state index in [0.717, 1.165) is 4.47 Å². The second kappa shape index (κ2) is 6.67. The van der Waals surface area contributed by atoms with Crippen LogP contribution in [0.15, 0.2) is 51.4 Å². The molecule has 1 heterocycles. The van der Waals surface area contributed by atoms with Gasteiger partial charge in [-0.1, -0.05) is 28.1 Å². The summed E-state index contributed by atoms with van der Waals surface area (Å²) in [7, 11) is 0. The number of allylic oxidation sites excluding steroid dienone is 3. The number of halogens is 1. The monoisotopic (exact) mass is 364 g/mol. The summed E-state index contributed by atoms with van der Waals surface area (Å²) in [5.74, 6) is -1.84. The van der Waals surface area contributed by atoms with E-state index in [-0.39, 0.29) is 22.7 Å². The van der Waals surface area contributed by atoms with Crippen molar-refractivity contribution in [2.24, 2.45) is 11.7 Å². The van der Waals surface area contributed by atoms with E-state index >= 15 is 0 Å². The first kappa shape index (κ1) is 16.1. The number of nitrogens with zero attached hydrogens (tertiary/aromatic N) is 4. The average Bonchev–Trinajstić information content (AvgIpc) is 2.55. The molecule has 1 atom stereocenters. The van der Waals surface area contributed by atoms with Crippen LogP contribution in [0, 0.1) is 51.2 Å². The summed E-state index contributed by atoms with van der Waals surface area (Å²) in [6.45, 7) is 0. The first-order valence-electron chi connectivity index (χ1n) is 6.43. The minimum Gasteiger partial charge on any atom is -0.384 e. The molecule has 1 aliphatic rings. The van der Waals surface area contributed by atoms with Gasteiger partial charge in [0.25, 0.3) is 0 Å². The summed E-state index contributed by atoms with van der Waals surface area (Å²) >= 11 is 3.35. The Kier molecular flexibility index (Phi) is 4.67. The van der Waals surface area contributed by atoms with E-state index in [1.165, 1.54) is 0 Å². The molecule has 0 bridgehead atoms.